The lowest BCUT2D eigenvalue weighted by molar-refractivity contribution is -0.138. The van der Waals surface area contributed by atoms with Crippen molar-refractivity contribution >= 4 is 11.8 Å². The van der Waals surface area contributed by atoms with Gasteiger partial charge < -0.3 is 5.11 Å². The fraction of sp³-hybridized carbons (Fsp3) is 0.222. The standard InChI is InChI=1S/C18H18O3/c1-2-14(18(20)21)15-10-6-7-11-16(15)17(19)12-13-8-4-3-5-9-13/h3-11,14H,2,12H2,1H3,(H,20,21). The first-order valence-corrected chi connectivity index (χ1v) is 7.02. The lowest BCUT2D eigenvalue weighted by Gasteiger charge is -2.14. The molecule has 0 saturated heterocycles. The Kier molecular flexibility index (Phi) is 4.88. The summed E-state index contributed by atoms with van der Waals surface area (Å²) in [5.41, 5.74) is 2.05. The summed E-state index contributed by atoms with van der Waals surface area (Å²) in [6.45, 7) is 1.82. The van der Waals surface area contributed by atoms with Crippen LogP contribution in [0.1, 0.15) is 40.7 Å². The molecule has 2 aromatic carbocycles. The lowest BCUT2D eigenvalue weighted by atomic mass is 9.89. The zero-order valence-electron chi connectivity index (χ0n) is 12.0. The van der Waals surface area contributed by atoms with Gasteiger partial charge in [0.2, 0.25) is 0 Å². The van der Waals surface area contributed by atoms with Gasteiger partial charge in [0, 0.05) is 12.0 Å². The lowest BCUT2D eigenvalue weighted by Crippen LogP contribution is -2.16. The summed E-state index contributed by atoms with van der Waals surface area (Å²) < 4.78 is 0. The molecular weight excluding hydrogens is 264 g/mol. The van der Waals surface area contributed by atoms with Gasteiger partial charge >= 0.3 is 5.97 Å². The summed E-state index contributed by atoms with van der Waals surface area (Å²) in [5, 5.41) is 9.31. The van der Waals surface area contributed by atoms with Crippen molar-refractivity contribution < 1.29 is 14.7 Å². The number of Topliss-reactive ketones (excluding diaryl/α,β-unsaturated/α-hetero) is 1. The second-order valence-corrected chi connectivity index (χ2v) is 4.97. The number of aliphatic carboxylic acids is 1. The maximum atomic E-state index is 12.5. The van der Waals surface area contributed by atoms with Crippen LogP contribution in [0.15, 0.2) is 54.6 Å². The number of hydrogen-bond donors (Lipinski definition) is 1. The zero-order valence-corrected chi connectivity index (χ0v) is 12.0. The molecule has 21 heavy (non-hydrogen) atoms. The molecule has 0 saturated carbocycles. The molecule has 0 aliphatic carbocycles. The van der Waals surface area contributed by atoms with E-state index in [9.17, 15) is 14.7 Å². The van der Waals surface area contributed by atoms with Crippen molar-refractivity contribution in [2.45, 2.75) is 25.7 Å². The van der Waals surface area contributed by atoms with Crippen molar-refractivity contribution in [2.24, 2.45) is 0 Å². The van der Waals surface area contributed by atoms with E-state index < -0.39 is 11.9 Å². The molecule has 108 valence electrons. The average Bonchev–Trinajstić information content (AvgIpc) is 2.49. The van der Waals surface area contributed by atoms with Crippen LogP contribution in [-0.4, -0.2) is 16.9 Å². The summed E-state index contributed by atoms with van der Waals surface area (Å²) in [7, 11) is 0. The molecule has 0 amide bonds. The van der Waals surface area contributed by atoms with Gasteiger partial charge in [0.25, 0.3) is 0 Å². The third-order valence-electron chi connectivity index (χ3n) is 3.55. The summed E-state index contributed by atoms with van der Waals surface area (Å²) in [6, 6.07) is 16.5. The first kappa shape index (κ1) is 15.0. The van der Waals surface area contributed by atoms with Crippen LogP contribution in [0, 0.1) is 0 Å². The summed E-state index contributed by atoms with van der Waals surface area (Å²) in [4.78, 5) is 23.8. The molecule has 1 unspecified atom stereocenters. The van der Waals surface area contributed by atoms with Crippen molar-refractivity contribution in [1.82, 2.24) is 0 Å². The SMILES string of the molecule is CCC(C(=O)O)c1ccccc1C(=O)Cc1ccccc1. The first-order chi connectivity index (χ1) is 10.1. The average molecular weight is 282 g/mol. The van der Waals surface area contributed by atoms with Crippen molar-refractivity contribution in [3.05, 3.63) is 71.3 Å². The number of hydrogen-bond acceptors (Lipinski definition) is 2. The van der Waals surface area contributed by atoms with E-state index >= 15 is 0 Å². The Hall–Kier alpha value is -2.42. The summed E-state index contributed by atoms with van der Waals surface area (Å²) >= 11 is 0. The fourth-order valence-corrected chi connectivity index (χ4v) is 2.46. The van der Waals surface area contributed by atoms with Crippen LogP contribution in [-0.2, 0) is 11.2 Å². The number of ketones is 1. The molecule has 1 N–H and O–H groups in total. The van der Waals surface area contributed by atoms with Crippen molar-refractivity contribution in [1.29, 1.82) is 0 Å². The van der Waals surface area contributed by atoms with E-state index in [1.165, 1.54) is 0 Å². The Balaban J connectivity index is 2.31. The maximum Gasteiger partial charge on any atom is 0.310 e. The second-order valence-electron chi connectivity index (χ2n) is 4.97. The van der Waals surface area contributed by atoms with Gasteiger partial charge in [-0.25, -0.2) is 0 Å². The van der Waals surface area contributed by atoms with Gasteiger partial charge in [-0.05, 0) is 17.5 Å². The highest BCUT2D eigenvalue weighted by Crippen LogP contribution is 2.24. The van der Waals surface area contributed by atoms with Gasteiger partial charge in [0.15, 0.2) is 5.78 Å². The maximum absolute atomic E-state index is 12.5. The van der Waals surface area contributed by atoms with E-state index in [4.69, 9.17) is 0 Å². The van der Waals surface area contributed by atoms with Gasteiger partial charge in [0.1, 0.15) is 0 Å². The smallest absolute Gasteiger partial charge is 0.310 e. The fourth-order valence-electron chi connectivity index (χ4n) is 2.46. The third-order valence-corrected chi connectivity index (χ3v) is 3.55. The van der Waals surface area contributed by atoms with E-state index in [-0.39, 0.29) is 12.2 Å². The minimum atomic E-state index is -0.891. The van der Waals surface area contributed by atoms with E-state index in [1.807, 2.05) is 37.3 Å². The molecule has 0 aromatic heterocycles. The van der Waals surface area contributed by atoms with Crippen molar-refractivity contribution in [2.75, 3.05) is 0 Å². The normalized spacial score (nSPS) is 11.9. The van der Waals surface area contributed by atoms with Crippen LogP contribution in [0.25, 0.3) is 0 Å². The number of benzene rings is 2. The van der Waals surface area contributed by atoms with Gasteiger partial charge in [-0.3, -0.25) is 9.59 Å². The molecule has 0 aliphatic heterocycles. The van der Waals surface area contributed by atoms with Gasteiger partial charge in [-0.2, -0.15) is 0 Å². The second kappa shape index (κ2) is 6.84. The molecule has 0 bridgehead atoms. The molecule has 1 atom stereocenters. The zero-order chi connectivity index (χ0) is 15.2. The Labute approximate surface area is 124 Å². The van der Waals surface area contributed by atoms with Crippen LogP contribution in [0.3, 0.4) is 0 Å². The van der Waals surface area contributed by atoms with E-state index in [1.54, 1.807) is 24.3 Å². The molecule has 0 radical (unpaired) electrons. The van der Waals surface area contributed by atoms with Crippen LogP contribution in [0.5, 0.6) is 0 Å². The Bertz CT molecular complexity index is 632. The number of rotatable bonds is 6. The van der Waals surface area contributed by atoms with Gasteiger partial charge in [-0.15, -0.1) is 0 Å². The number of carboxylic acids is 1. The highest BCUT2D eigenvalue weighted by molar-refractivity contribution is 6.00. The number of carboxylic acid groups (broad SMARTS) is 1. The molecule has 2 rings (SSSR count). The van der Waals surface area contributed by atoms with Crippen LogP contribution < -0.4 is 0 Å². The highest BCUT2D eigenvalue weighted by atomic mass is 16.4. The predicted octanol–water partition coefficient (Wildman–Crippen LogP) is 3.69. The van der Waals surface area contributed by atoms with Crippen LogP contribution in [0.4, 0.5) is 0 Å². The Morgan fingerprint density at radius 2 is 1.62 bits per heavy atom. The molecule has 0 heterocycles. The van der Waals surface area contributed by atoms with Crippen molar-refractivity contribution in [3.63, 3.8) is 0 Å². The summed E-state index contributed by atoms with van der Waals surface area (Å²) in [6.07, 6.45) is 0.749. The molecule has 0 aliphatic rings. The summed E-state index contributed by atoms with van der Waals surface area (Å²) in [5.74, 6) is -1.57. The monoisotopic (exact) mass is 282 g/mol. The minimum Gasteiger partial charge on any atom is -0.481 e. The van der Waals surface area contributed by atoms with Crippen LogP contribution in [0.2, 0.25) is 0 Å². The first-order valence-electron chi connectivity index (χ1n) is 7.02. The number of carbonyl (C=O) groups excluding carboxylic acids is 1. The van der Waals surface area contributed by atoms with Crippen molar-refractivity contribution in [3.8, 4) is 0 Å². The van der Waals surface area contributed by atoms with Gasteiger partial charge in [0.05, 0.1) is 5.92 Å². The minimum absolute atomic E-state index is 0.0449. The van der Waals surface area contributed by atoms with E-state index in [0.717, 1.165) is 5.56 Å². The molecule has 0 fully saturated rings. The molecule has 3 nitrogen and oxygen atoms in total. The largest absolute Gasteiger partial charge is 0.481 e. The predicted molar refractivity (Wildman–Crippen MR) is 81.6 cm³/mol. The van der Waals surface area contributed by atoms with E-state index in [2.05, 4.69) is 0 Å². The van der Waals surface area contributed by atoms with Gasteiger partial charge in [-0.1, -0.05) is 61.5 Å². The Morgan fingerprint density at radius 1 is 1.00 bits per heavy atom. The highest BCUT2D eigenvalue weighted by Gasteiger charge is 2.23. The number of carbonyl (C=O) groups is 2. The molecule has 0 spiro atoms. The Morgan fingerprint density at radius 3 is 2.24 bits per heavy atom. The molecular formula is C18H18O3. The third kappa shape index (κ3) is 3.57. The molecule has 3 heteroatoms. The van der Waals surface area contributed by atoms with Crippen LogP contribution >= 0.6 is 0 Å². The molecule has 2 aromatic rings. The quantitative estimate of drug-likeness (QED) is 0.822. The van der Waals surface area contributed by atoms with E-state index in [0.29, 0.717) is 17.5 Å². The topological polar surface area (TPSA) is 54.4 Å².